The Bertz CT molecular complexity index is 1070. The van der Waals surface area contributed by atoms with Gasteiger partial charge in [0.25, 0.3) is 0 Å². The van der Waals surface area contributed by atoms with Crippen molar-refractivity contribution >= 4 is 28.8 Å². The molecule has 4 aromatic rings. The number of nitrogens with zero attached hydrogens (tertiary/aromatic N) is 2. The number of aromatic nitrogens is 2. The van der Waals surface area contributed by atoms with Gasteiger partial charge >= 0.3 is 0 Å². The van der Waals surface area contributed by atoms with Gasteiger partial charge in [-0.2, -0.15) is 0 Å². The van der Waals surface area contributed by atoms with Crippen molar-refractivity contribution in [2.24, 2.45) is 0 Å². The van der Waals surface area contributed by atoms with Gasteiger partial charge < -0.3 is 5.73 Å². The third-order valence-electron chi connectivity index (χ3n) is 4.06. The summed E-state index contributed by atoms with van der Waals surface area (Å²) in [6.07, 6.45) is 1.78. The predicted molar refractivity (Wildman–Crippen MR) is 99.9 cm³/mol. The standard InChI is InChI=1S/C20H14ClN3O/c21-16-9-6-13(7-10-16)18-20(22)23-17-11-8-15(12-24(17)18)19(25)14-4-2-1-3-5-14/h1-12H,22H2. The molecule has 0 aliphatic carbocycles. The van der Waals surface area contributed by atoms with Crippen LogP contribution in [0.3, 0.4) is 0 Å². The van der Waals surface area contributed by atoms with E-state index in [1.165, 1.54) is 0 Å². The first-order chi connectivity index (χ1) is 12.1. The van der Waals surface area contributed by atoms with E-state index in [0.29, 0.717) is 27.6 Å². The van der Waals surface area contributed by atoms with Crippen LogP contribution in [0, 0.1) is 0 Å². The highest BCUT2D eigenvalue weighted by Crippen LogP contribution is 2.28. The first-order valence-electron chi connectivity index (χ1n) is 7.77. The van der Waals surface area contributed by atoms with Crippen molar-refractivity contribution in [2.75, 3.05) is 5.73 Å². The molecule has 2 aromatic carbocycles. The summed E-state index contributed by atoms with van der Waals surface area (Å²) < 4.78 is 1.84. The fourth-order valence-corrected chi connectivity index (χ4v) is 2.97. The van der Waals surface area contributed by atoms with Crippen LogP contribution in [0.1, 0.15) is 15.9 Å². The molecule has 2 heterocycles. The zero-order valence-electron chi connectivity index (χ0n) is 13.2. The van der Waals surface area contributed by atoms with Gasteiger partial charge in [-0.15, -0.1) is 0 Å². The minimum atomic E-state index is -0.0446. The molecule has 4 rings (SSSR count). The normalized spacial score (nSPS) is 10.9. The molecule has 0 bridgehead atoms. The second kappa shape index (κ2) is 6.07. The van der Waals surface area contributed by atoms with Crippen LogP contribution in [0.15, 0.2) is 72.9 Å². The molecule has 0 saturated heterocycles. The van der Waals surface area contributed by atoms with Crippen LogP contribution in [-0.4, -0.2) is 15.2 Å². The van der Waals surface area contributed by atoms with Crippen LogP contribution in [0.2, 0.25) is 5.02 Å². The van der Waals surface area contributed by atoms with E-state index in [0.717, 1.165) is 11.3 Å². The molecule has 4 nitrogen and oxygen atoms in total. The molecule has 25 heavy (non-hydrogen) atoms. The highest BCUT2D eigenvalue weighted by Gasteiger charge is 2.15. The maximum absolute atomic E-state index is 12.7. The van der Waals surface area contributed by atoms with Crippen LogP contribution in [0.5, 0.6) is 0 Å². The number of nitrogen functional groups attached to an aromatic ring is 1. The summed E-state index contributed by atoms with van der Waals surface area (Å²) in [7, 11) is 0. The largest absolute Gasteiger partial charge is 0.382 e. The van der Waals surface area contributed by atoms with Crippen LogP contribution >= 0.6 is 11.6 Å². The maximum atomic E-state index is 12.7. The number of pyridine rings is 1. The Kier molecular flexibility index (Phi) is 3.75. The van der Waals surface area contributed by atoms with E-state index >= 15 is 0 Å². The molecule has 0 fully saturated rings. The molecule has 2 N–H and O–H groups in total. The van der Waals surface area contributed by atoms with Crippen molar-refractivity contribution in [3.63, 3.8) is 0 Å². The molecule has 0 amide bonds. The number of rotatable bonds is 3. The highest BCUT2D eigenvalue weighted by atomic mass is 35.5. The Morgan fingerprint density at radius 2 is 1.64 bits per heavy atom. The van der Waals surface area contributed by atoms with Crippen LogP contribution in [0.4, 0.5) is 5.82 Å². The number of halogens is 1. The summed E-state index contributed by atoms with van der Waals surface area (Å²) in [5.41, 5.74) is 9.65. The number of hydrogen-bond donors (Lipinski definition) is 1. The van der Waals surface area contributed by atoms with E-state index < -0.39 is 0 Å². The molecule has 0 radical (unpaired) electrons. The highest BCUT2D eigenvalue weighted by molar-refractivity contribution is 6.30. The second-order valence-corrected chi connectivity index (χ2v) is 6.13. The zero-order valence-corrected chi connectivity index (χ0v) is 13.9. The lowest BCUT2D eigenvalue weighted by molar-refractivity contribution is 0.103. The van der Waals surface area contributed by atoms with E-state index in [1.807, 2.05) is 34.7 Å². The Morgan fingerprint density at radius 1 is 0.920 bits per heavy atom. The fourth-order valence-electron chi connectivity index (χ4n) is 2.85. The summed E-state index contributed by atoms with van der Waals surface area (Å²) in [5.74, 6) is 0.364. The zero-order chi connectivity index (χ0) is 17.4. The van der Waals surface area contributed by atoms with Crippen molar-refractivity contribution in [1.29, 1.82) is 0 Å². The molecule has 0 atom stereocenters. The third-order valence-corrected chi connectivity index (χ3v) is 4.31. The first kappa shape index (κ1) is 15.4. The van der Waals surface area contributed by atoms with Crippen molar-refractivity contribution in [1.82, 2.24) is 9.38 Å². The van der Waals surface area contributed by atoms with E-state index in [-0.39, 0.29) is 5.78 Å². The topological polar surface area (TPSA) is 60.4 Å². The van der Waals surface area contributed by atoms with Gasteiger partial charge in [-0.25, -0.2) is 4.98 Å². The van der Waals surface area contributed by atoms with Crippen LogP contribution in [0.25, 0.3) is 16.9 Å². The average molecular weight is 348 g/mol. The lowest BCUT2D eigenvalue weighted by Crippen LogP contribution is -2.03. The average Bonchev–Trinajstić information content (AvgIpc) is 2.97. The van der Waals surface area contributed by atoms with E-state index in [1.54, 1.807) is 42.6 Å². The monoisotopic (exact) mass is 347 g/mol. The van der Waals surface area contributed by atoms with Crippen LogP contribution in [-0.2, 0) is 0 Å². The lowest BCUT2D eigenvalue weighted by atomic mass is 10.1. The third kappa shape index (κ3) is 2.77. The van der Waals surface area contributed by atoms with Gasteiger partial charge in [-0.3, -0.25) is 9.20 Å². The van der Waals surface area contributed by atoms with Gasteiger partial charge in [-0.05, 0) is 24.3 Å². The summed E-state index contributed by atoms with van der Waals surface area (Å²) in [5, 5.41) is 0.649. The smallest absolute Gasteiger partial charge is 0.194 e. The van der Waals surface area contributed by atoms with Gasteiger partial charge in [0.05, 0.1) is 5.69 Å². The summed E-state index contributed by atoms with van der Waals surface area (Å²) in [6.45, 7) is 0. The SMILES string of the molecule is Nc1nc2ccc(C(=O)c3ccccc3)cn2c1-c1ccc(Cl)cc1. The quantitative estimate of drug-likeness (QED) is 0.556. The van der Waals surface area contributed by atoms with Gasteiger partial charge in [0, 0.05) is 27.9 Å². The van der Waals surface area contributed by atoms with Gasteiger partial charge in [0.2, 0.25) is 0 Å². The van der Waals surface area contributed by atoms with Crippen molar-refractivity contribution in [3.8, 4) is 11.3 Å². The van der Waals surface area contributed by atoms with Gasteiger partial charge in [0.1, 0.15) is 5.65 Å². The van der Waals surface area contributed by atoms with E-state index in [2.05, 4.69) is 4.98 Å². The molecule has 122 valence electrons. The number of carbonyl (C=O) groups excluding carboxylic acids is 1. The van der Waals surface area contributed by atoms with Gasteiger partial charge in [0.15, 0.2) is 11.6 Å². The molecule has 2 aromatic heterocycles. The predicted octanol–water partition coefficient (Wildman–Crippen LogP) is 4.47. The number of ketones is 1. The molecular formula is C20H14ClN3O. The summed E-state index contributed by atoms with van der Waals surface area (Å²) in [6, 6.07) is 20.1. The summed E-state index contributed by atoms with van der Waals surface area (Å²) in [4.78, 5) is 17.1. The Morgan fingerprint density at radius 3 is 2.36 bits per heavy atom. The van der Waals surface area contributed by atoms with E-state index in [4.69, 9.17) is 17.3 Å². The Labute approximate surface area is 149 Å². The van der Waals surface area contributed by atoms with Crippen LogP contribution < -0.4 is 5.73 Å². The minimum absolute atomic E-state index is 0.0446. The molecule has 0 aliphatic rings. The molecule has 0 aliphatic heterocycles. The molecule has 0 saturated carbocycles. The van der Waals surface area contributed by atoms with Crippen molar-refractivity contribution in [2.45, 2.75) is 0 Å². The van der Waals surface area contributed by atoms with Crippen molar-refractivity contribution in [3.05, 3.63) is 89.1 Å². The minimum Gasteiger partial charge on any atom is -0.382 e. The number of carbonyl (C=O) groups is 1. The molecule has 0 unspecified atom stereocenters. The van der Waals surface area contributed by atoms with E-state index in [9.17, 15) is 4.79 Å². The van der Waals surface area contributed by atoms with Gasteiger partial charge in [-0.1, -0.05) is 54.1 Å². The summed E-state index contributed by atoms with van der Waals surface area (Å²) >= 11 is 5.97. The maximum Gasteiger partial charge on any atom is 0.194 e. The molecular weight excluding hydrogens is 334 g/mol. The Balaban J connectivity index is 1.86. The molecule has 0 spiro atoms. The first-order valence-corrected chi connectivity index (χ1v) is 8.14. The number of hydrogen-bond acceptors (Lipinski definition) is 3. The fraction of sp³-hybridized carbons (Fsp3) is 0. The second-order valence-electron chi connectivity index (χ2n) is 5.69. The van der Waals surface area contributed by atoms with Crippen molar-refractivity contribution < 1.29 is 4.79 Å². The number of nitrogens with two attached hydrogens (primary N) is 1. The number of fused-ring (bicyclic) bond motifs is 1. The number of anilines is 1. The Hall–Kier alpha value is -3.11. The lowest BCUT2D eigenvalue weighted by Gasteiger charge is -2.06. The number of benzene rings is 2. The molecule has 5 heteroatoms. The number of imidazole rings is 1.